The van der Waals surface area contributed by atoms with Gasteiger partial charge in [0.25, 0.3) is 5.91 Å². The predicted octanol–water partition coefficient (Wildman–Crippen LogP) is 6.73. The Hall–Kier alpha value is -3.80. The third-order valence-electron chi connectivity index (χ3n) is 8.28. The van der Waals surface area contributed by atoms with Crippen LogP contribution in [0.15, 0.2) is 90.1 Å². The lowest BCUT2D eigenvalue weighted by molar-refractivity contribution is -0.137. The van der Waals surface area contributed by atoms with Crippen molar-refractivity contribution in [3.63, 3.8) is 0 Å². The number of carbonyl (C=O) groups excluding carboxylic acids is 1. The zero-order valence-electron chi connectivity index (χ0n) is 25.2. The summed E-state index contributed by atoms with van der Waals surface area (Å²) in [7, 11) is 0. The molecular formula is C34H34ClF3N6OS. The number of halogens is 4. The Labute approximate surface area is 276 Å². The second kappa shape index (κ2) is 14.3. The largest absolute Gasteiger partial charge is 0.416 e. The first-order valence-electron chi connectivity index (χ1n) is 15.2. The summed E-state index contributed by atoms with van der Waals surface area (Å²) in [4.78, 5) is 30.6. The molecule has 2 aliphatic rings. The Morgan fingerprint density at radius 3 is 2.15 bits per heavy atom. The summed E-state index contributed by atoms with van der Waals surface area (Å²) < 4.78 is 39.5. The van der Waals surface area contributed by atoms with Crippen LogP contribution >= 0.6 is 23.4 Å². The first-order chi connectivity index (χ1) is 22.2. The molecule has 3 aromatic carbocycles. The number of piperazine rings is 2. The predicted molar refractivity (Wildman–Crippen MR) is 177 cm³/mol. The van der Waals surface area contributed by atoms with E-state index in [1.54, 1.807) is 12.1 Å². The molecule has 0 saturated carbocycles. The lowest BCUT2D eigenvalue weighted by Gasteiger charge is -2.37. The number of nitrogens with zero attached hydrogens (tertiary/aromatic N) is 6. The molecular weight excluding hydrogens is 633 g/mol. The number of aromatic nitrogens is 2. The molecule has 240 valence electrons. The quantitative estimate of drug-likeness (QED) is 0.118. The summed E-state index contributed by atoms with van der Waals surface area (Å²) in [5.41, 5.74) is 2.90. The minimum Gasteiger partial charge on any atom is -0.368 e. The number of thioether (sulfide) groups is 1. The van der Waals surface area contributed by atoms with Crippen molar-refractivity contribution in [3.8, 4) is 0 Å². The lowest BCUT2D eigenvalue weighted by Crippen LogP contribution is -2.48. The van der Waals surface area contributed by atoms with E-state index in [-0.39, 0.29) is 5.91 Å². The second-order valence-electron chi connectivity index (χ2n) is 11.4. The first-order valence-corrected chi connectivity index (χ1v) is 16.6. The smallest absolute Gasteiger partial charge is 0.368 e. The van der Waals surface area contributed by atoms with Crippen molar-refractivity contribution in [2.24, 2.45) is 0 Å². The van der Waals surface area contributed by atoms with Gasteiger partial charge in [-0.05, 0) is 41.5 Å². The Kier molecular flexibility index (Phi) is 10.0. The van der Waals surface area contributed by atoms with Crippen molar-refractivity contribution < 1.29 is 18.0 Å². The van der Waals surface area contributed by atoms with Gasteiger partial charge in [-0.3, -0.25) is 9.69 Å². The van der Waals surface area contributed by atoms with Crippen LogP contribution in [0.5, 0.6) is 0 Å². The summed E-state index contributed by atoms with van der Waals surface area (Å²) in [6.07, 6.45) is -4.37. The molecule has 2 aliphatic heterocycles. The fraction of sp³-hybridized carbons (Fsp3) is 0.324. The Balaban J connectivity index is 0.996. The van der Waals surface area contributed by atoms with Gasteiger partial charge in [0.15, 0.2) is 5.16 Å². The number of alkyl halides is 3. The van der Waals surface area contributed by atoms with Gasteiger partial charge >= 0.3 is 6.18 Å². The fourth-order valence-corrected chi connectivity index (χ4v) is 6.75. The van der Waals surface area contributed by atoms with Crippen molar-refractivity contribution in [1.82, 2.24) is 19.8 Å². The van der Waals surface area contributed by atoms with Crippen LogP contribution in [-0.4, -0.2) is 78.0 Å². The molecule has 12 heteroatoms. The van der Waals surface area contributed by atoms with Gasteiger partial charge < -0.3 is 14.7 Å². The average molecular weight is 667 g/mol. The Bertz CT molecular complexity index is 1630. The van der Waals surface area contributed by atoms with Crippen molar-refractivity contribution in [1.29, 1.82) is 0 Å². The minimum atomic E-state index is -4.37. The van der Waals surface area contributed by atoms with E-state index in [2.05, 4.69) is 39.0 Å². The monoisotopic (exact) mass is 666 g/mol. The van der Waals surface area contributed by atoms with Crippen LogP contribution in [-0.2, 0) is 18.5 Å². The number of hydrogen-bond donors (Lipinski definition) is 0. The minimum absolute atomic E-state index is 0.0505. The van der Waals surface area contributed by atoms with Crippen LogP contribution in [0.1, 0.15) is 27.0 Å². The molecule has 46 heavy (non-hydrogen) atoms. The van der Waals surface area contributed by atoms with E-state index in [4.69, 9.17) is 16.6 Å². The third-order valence-corrected chi connectivity index (χ3v) is 9.39. The van der Waals surface area contributed by atoms with Crippen molar-refractivity contribution in [3.05, 3.63) is 112 Å². The summed E-state index contributed by atoms with van der Waals surface area (Å²) in [5, 5.41) is 0.869. The molecule has 3 heterocycles. The SMILES string of the molecule is O=C(c1ccc(CSc2nc(Cl)cc(N3CCN(c4cccc(C(F)(F)F)c4)CC3)n2)cc1)N1CCN(Cc2ccccc2)CC1. The van der Waals surface area contributed by atoms with Crippen LogP contribution in [0.25, 0.3) is 0 Å². The molecule has 0 atom stereocenters. The summed E-state index contributed by atoms with van der Waals surface area (Å²) in [6, 6.07) is 25.2. The number of anilines is 2. The molecule has 1 aromatic heterocycles. The maximum Gasteiger partial charge on any atom is 0.416 e. The van der Waals surface area contributed by atoms with Gasteiger partial charge in [0, 0.05) is 82.0 Å². The Morgan fingerprint density at radius 2 is 1.46 bits per heavy atom. The maximum atomic E-state index is 13.2. The van der Waals surface area contributed by atoms with E-state index in [1.165, 1.54) is 29.5 Å². The summed E-state index contributed by atoms with van der Waals surface area (Å²) in [5.74, 6) is 1.35. The van der Waals surface area contributed by atoms with Gasteiger partial charge in [0.05, 0.1) is 5.56 Å². The van der Waals surface area contributed by atoms with Crippen molar-refractivity contribution in [2.45, 2.75) is 23.6 Å². The van der Waals surface area contributed by atoms with Crippen LogP contribution in [0.3, 0.4) is 0 Å². The zero-order chi connectivity index (χ0) is 32.1. The number of amides is 1. The Morgan fingerprint density at radius 1 is 0.761 bits per heavy atom. The number of hydrogen-bond acceptors (Lipinski definition) is 7. The molecule has 2 saturated heterocycles. The lowest BCUT2D eigenvalue weighted by atomic mass is 10.1. The van der Waals surface area contributed by atoms with Crippen LogP contribution in [0.2, 0.25) is 5.15 Å². The molecule has 0 aliphatic carbocycles. The van der Waals surface area contributed by atoms with Crippen molar-refractivity contribution >= 4 is 40.8 Å². The van der Waals surface area contributed by atoms with Gasteiger partial charge in [-0.25, -0.2) is 9.97 Å². The molecule has 4 aromatic rings. The van der Waals surface area contributed by atoms with E-state index >= 15 is 0 Å². The van der Waals surface area contributed by atoms with Gasteiger partial charge in [-0.2, -0.15) is 13.2 Å². The van der Waals surface area contributed by atoms with Crippen LogP contribution in [0, 0.1) is 0 Å². The van der Waals surface area contributed by atoms with E-state index in [0.29, 0.717) is 72.4 Å². The van der Waals surface area contributed by atoms with Gasteiger partial charge in [-0.15, -0.1) is 0 Å². The highest BCUT2D eigenvalue weighted by atomic mass is 35.5. The molecule has 7 nitrogen and oxygen atoms in total. The summed E-state index contributed by atoms with van der Waals surface area (Å²) in [6.45, 7) is 6.30. The highest BCUT2D eigenvalue weighted by molar-refractivity contribution is 7.98. The first kappa shape index (κ1) is 32.2. The zero-order valence-corrected chi connectivity index (χ0v) is 26.7. The molecule has 0 radical (unpaired) electrons. The third kappa shape index (κ3) is 8.12. The molecule has 0 spiro atoms. The van der Waals surface area contributed by atoms with Gasteiger partial charge in [-0.1, -0.05) is 71.9 Å². The van der Waals surface area contributed by atoms with Gasteiger partial charge in [0.1, 0.15) is 11.0 Å². The highest BCUT2D eigenvalue weighted by Gasteiger charge is 2.31. The molecule has 1 amide bonds. The van der Waals surface area contributed by atoms with E-state index in [0.717, 1.165) is 31.3 Å². The topological polar surface area (TPSA) is 55.8 Å². The molecule has 2 fully saturated rings. The summed E-state index contributed by atoms with van der Waals surface area (Å²) >= 11 is 7.82. The molecule has 0 bridgehead atoms. The maximum absolute atomic E-state index is 13.2. The van der Waals surface area contributed by atoms with Crippen molar-refractivity contribution in [2.75, 3.05) is 62.2 Å². The van der Waals surface area contributed by atoms with E-state index in [9.17, 15) is 18.0 Å². The highest BCUT2D eigenvalue weighted by Crippen LogP contribution is 2.32. The molecule has 0 N–H and O–H groups in total. The molecule has 6 rings (SSSR count). The number of benzene rings is 3. The fourth-order valence-electron chi connectivity index (χ4n) is 5.71. The molecule has 0 unspecified atom stereocenters. The normalized spacial score (nSPS) is 16.1. The second-order valence-corrected chi connectivity index (χ2v) is 12.7. The standard InChI is InChI=1S/C34H34ClF3N6OS/c35-30-22-31(43-19-17-42(18-20-43)29-8-4-7-28(21-29)34(36,37)38)40-33(39-30)46-24-26-9-11-27(12-10-26)32(45)44-15-13-41(14-16-44)23-25-5-2-1-3-6-25/h1-12,21-22H,13-20,23-24H2. The number of carbonyl (C=O) groups is 1. The van der Waals surface area contributed by atoms with E-state index in [1.807, 2.05) is 40.1 Å². The van der Waals surface area contributed by atoms with Gasteiger partial charge in [0.2, 0.25) is 0 Å². The average Bonchev–Trinajstić information content (AvgIpc) is 3.08. The van der Waals surface area contributed by atoms with Crippen LogP contribution in [0.4, 0.5) is 24.7 Å². The van der Waals surface area contributed by atoms with Crippen LogP contribution < -0.4 is 9.80 Å². The van der Waals surface area contributed by atoms with E-state index < -0.39 is 11.7 Å². The number of rotatable bonds is 8.